The van der Waals surface area contributed by atoms with Crippen molar-refractivity contribution >= 4 is 21.7 Å². The monoisotopic (exact) mass is 365 g/mol. The molecule has 0 saturated heterocycles. The topological polar surface area (TPSA) is 31.4 Å². The van der Waals surface area contributed by atoms with E-state index in [2.05, 4.69) is 55.2 Å². The Morgan fingerprint density at radius 2 is 1.44 bits per heavy atom. The van der Waals surface area contributed by atoms with E-state index in [0.717, 1.165) is 42.7 Å². The summed E-state index contributed by atoms with van der Waals surface area (Å²) in [4.78, 5) is 4.67. The highest BCUT2D eigenvalue weighted by Gasteiger charge is 2.05. The lowest BCUT2D eigenvalue weighted by Gasteiger charge is -2.10. The molecule has 0 aliphatic heterocycles. The first-order chi connectivity index (χ1) is 13.3. The van der Waals surface area contributed by atoms with Crippen molar-refractivity contribution in [3.05, 3.63) is 42.5 Å². The summed E-state index contributed by atoms with van der Waals surface area (Å²) in [6, 6.07) is 14.6. The Hall–Kier alpha value is -2.29. The van der Waals surface area contributed by atoms with Gasteiger partial charge in [-0.05, 0) is 47.9 Å². The summed E-state index contributed by atoms with van der Waals surface area (Å²) in [5.74, 6) is 1.66. The van der Waals surface area contributed by atoms with Crippen LogP contribution < -0.4 is 9.47 Å². The van der Waals surface area contributed by atoms with Gasteiger partial charge in [0.15, 0.2) is 0 Å². The zero-order chi connectivity index (χ0) is 18.9. The molecule has 0 aliphatic carbocycles. The third-order valence-corrected chi connectivity index (χ3v) is 4.90. The van der Waals surface area contributed by atoms with E-state index >= 15 is 0 Å². The van der Waals surface area contributed by atoms with Crippen molar-refractivity contribution in [3.8, 4) is 11.6 Å². The lowest BCUT2D eigenvalue weighted by molar-refractivity contribution is 0.296. The normalized spacial score (nSPS) is 11.2. The van der Waals surface area contributed by atoms with Crippen molar-refractivity contribution in [1.29, 1.82) is 0 Å². The minimum absolute atomic E-state index is 0.713. The number of hydrogen-bond acceptors (Lipinski definition) is 3. The van der Waals surface area contributed by atoms with Crippen molar-refractivity contribution in [2.45, 2.75) is 58.8 Å². The molecule has 1 heterocycles. The molecule has 0 amide bonds. The Morgan fingerprint density at radius 3 is 2.30 bits per heavy atom. The molecule has 0 aliphatic rings. The number of benzene rings is 2. The fourth-order valence-corrected chi connectivity index (χ4v) is 3.32. The lowest BCUT2D eigenvalue weighted by atomic mass is 10.0. The van der Waals surface area contributed by atoms with E-state index in [9.17, 15) is 0 Å². The van der Waals surface area contributed by atoms with Crippen LogP contribution in [0.25, 0.3) is 21.7 Å². The van der Waals surface area contributed by atoms with Gasteiger partial charge in [0.1, 0.15) is 5.75 Å². The number of nitrogens with zero attached hydrogens (tertiary/aromatic N) is 1. The first kappa shape index (κ1) is 19.5. The maximum Gasteiger partial charge on any atom is 0.213 e. The molecular weight excluding hydrogens is 334 g/mol. The summed E-state index contributed by atoms with van der Waals surface area (Å²) in [7, 11) is 0. The Kier molecular flexibility index (Phi) is 7.32. The average Bonchev–Trinajstić information content (AvgIpc) is 2.70. The highest BCUT2D eigenvalue weighted by Crippen LogP contribution is 2.29. The Bertz CT molecular complexity index is 859. The summed E-state index contributed by atoms with van der Waals surface area (Å²) in [6.45, 7) is 5.95. The van der Waals surface area contributed by atoms with Crippen LogP contribution in [-0.2, 0) is 0 Å². The minimum Gasteiger partial charge on any atom is -0.494 e. The molecular formula is C24H31NO2. The molecule has 0 spiro atoms. The van der Waals surface area contributed by atoms with E-state index in [1.165, 1.54) is 42.9 Å². The number of hydrogen-bond donors (Lipinski definition) is 0. The zero-order valence-electron chi connectivity index (χ0n) is 16.7. The molecule has 144 valence electrons. The van der Waals surface area contributed by atoms with Gasteiger partial charge in [0, 0.05) is 11.5 Å². The molecule has 0 unspecified atom stereocenters. The summed E-state index contributed by atoms with van der Waals surface area (Å²) in [6.07, 6.45) is 8.37. The van der Waals surface area contributed by atoms with E-state index in [1.807, 2.05) is 6.07 Å². The molecule has 3 rings (SSSR count). The standard InChI is InChI=1S/C24H31NO2/c1-3-5-7-9-16-26-20-11-12-21-19(18-20)10-14-23-22(21)13-15-24(25-23)27-17-8-6-4-2/h10-15,18H,3-9,16-17H2,1-2H3. The second kappa shape index (κ2) is 10.1. The number of rotatable bonds is 11. The molecule has 3 aromatic rings. The van der Waals surface area contributed by atoms with Crippen LogP contribution in [0.15, 0.2) is 42.5 Å². The van der Waals surface area contributed by atoms with E-state index in [1.54, 1.807) is 0 Å². The van der Waals surface area contributed by atoms with Gasteiger partial charge in [-0.25, -0.2) is 4.98 Å². The molecule has 1 aromatic heterocycles. The fraction of sp³-hybridized carbons (Fsp3) is 0.458. The highest BCUT2D eigenvalue weighted by atomic mass is 16.5. The second-order valence-corrected chi connectivity index (χ2v) is 7.13. The molecule has 0 radical (unpaired) electrons. The molecule has 0 atom stereocenters. The van der Waals surface area contributed by atoms with Gasteiger partial charge in [0.25, 0.3) is 0 Å². The zero-order valence-corrected chi connectivity index (χ0v) is 16.7. The van der Waals surface area contributed by atoms with Gasteiger partial charge in [-0.15, -0.1) is 0 Å². The Labute approximate surface area is 162 Å². The summed E-state index contributed by atoms with van der Waals surface area (Å²) in [5.41, 5.74) is 0.976. The number of pyridine rings is 1. The third-order valence-electron chi connectivity index (χ3n) is 4.90. The van der Waals surface area contributed by atoms with Crippen LogP contribution >= 0.6 is 0 Å². The van der Waals surface area contributed by atoms with Crippen molar-refractivity contribution in [2.24, 2.45) is 0 Å². The van der Waals surface area contributed by atoms with Gasteiger partial charge in [-0.2, -0.15) is 0 Å². The third kappa shape index (κ3) is 5.35. The van der Waals surface area contributed by atoms with Gasteiger partial charge in [0.2, 0.25) is 5.88 Å². The predicted molar refractivity (Wildman–Crippen MR) is 114 cm³/mol. The largest absolute Gasteiger partial charge is 0.494 e. The maximum atomic E-state index is 5.92. The number of fused-ring (bicyclic) bond motifs is 3. The van der Waals surface area contributed by atoms with Crippen molar-refractivity contribution < 1.29 is 9.47 Å². The molecule has 3 nitrogen and oxygen atoms in total. The molecule has 3 heteroatoms. The Balaban J connectivity index is 1.70. The smallest absolute Gasteiger partial charge is 0.213 e. The van der Waals surface area contributed by atoms with Gasteiger partial charge in [-0.3, -0.25) is 0 Å². The Morgan fingerprint density at radius 1 is 0.704 bits per heavy atom. The summed E-state index contributed by atoms with van der Waals surface area (Å²) < 4.78 is 11.7. The molecule has 0 saturated carbocycles. The molecule has 2 aromatic carbocycles. The predicted octanol–water partition coefficient (Wildman–Crippen LogP) is 6.92. The van der Waals surface area contributed by atoms with E-state index in [-0.39, 0.29) is 0 Å². The van der Waals surface area contributed by atoms with Crippen molar-refractivity contribution in [1.82, 2.24) is 4.98 Å². The van der Waals surface area contributed by atoms with Gasteiger partial charge in [-0.1, -0.05) is 58.1 Å². The average molecular weight is 366 g/mol. The highest BCUT2D eigenvalue weighted by molar-refractivity contribution is 6.06. The van der Waals surface area contributed by atoms with E-state index in [0.29, 0.717) is 5.88 Å². The van der Waals surface area contributed by atoms with Crippen LogP contribution in [0.4, 0.5) is 0 Å². The van der Waals surface area contributed by atoms with Crippen LogP contribution in [0.2, 0.25) is 0 Å². The van der Waals surface area contributed by atoms with Crippen LogP contribution in [0.3, 0.4) is 0 Å². The van der Waals surface area contributed by atoms with Crippen molar-refractivity contribution in [2.75, 3.05) is 13.2 Å². The molecule has 0 N–H and O–H groups in total. The van der Waals surface area contributed by atoms with Crippen LogP contribution in [0.5, 0.6) is 11.6 Å². The summed E-state index contributed by atoms with van der Waals surface area (Å²) >= 11 is 0. The molecule has 0 fully saturated rings. The van der Waals surface area contributed by atoms with Gasteiger partial charge in [0.05, 0.1) is 18.7 Å². The van der Waals surface area contributed by atoms with E-state index in [4.69, 9.17) is 9.47 Å². The summed E-state index contributed by atoms with van der Waals surface area (Å²) in [5, 5.41) is 3.55. The number of ether oxygens (including phenoxy) is 2. The van der Waals surface area contributed by atoms with E-state index < -0.39 is 0 Å². The number of aromatic nitrogens is 1. The fourth-order valence-electron chi connectivity index (χ4n) is 3.32. The van der Waals surface area contributed by atoms with Gasteiger partial charge >= 0.3 is 0 Å². The minimum atomic E-state index is 0.713. The SMILES string of the molecule is CCCCCCOc1ccc2c(ccc3nc(OCCCCC)ccc32)c1. The quantitative estimate of drug-likeness (QED) is 0.273. The van der Waals surface area contributed by atoms with Crippen LogP contribution in [0.1, 0.15) is 58.8 Å². The maximum absolute atomic E-state index is 5.92. The number of unbranched alkanes of at least 4 members (excludes halogenated alkanes) is 5. The van der Waals surface area contributed by atoms with Crippen LogP contribution in [-0.4, -0.2) is 18.2 Å². The lowest BCUT2D eigenvalue weighted by Crippen LogP contribution is -1.99. The first-order valence-electron chi connectivity index (χ1n) is 10.4. The van der Waals surface area contributed by atoms with Crippen LogP contribution in [0, 0.1) is 0 Å². The molecule has 27 heavy (non-hydrogen) atoms. The molecule has 0 bridgehead atoms. The van der Waals surface area contributed by atoms with Gasteiger partial charge < -0.3 is 9.47 Å². The first-order valence-corrected chi connectivity index (χ1v) is 10.4. The van der Waals surface area contributed by atoms with Crippen molar-refractivity contribution in [3.63, 3.8) is 0 Å². The second-order valence-electron chi connectivity index (χ2n) is 7.13.